The van der Waals surface area contributed by atoms with Crippen molar-refractivity contribution in [2.45, 2.75) is 52.6 Å². The maximum Gasteiger partial charge on any atom is 0.242 e. The van der Waals surface area contributed by atoms with Gasteiger partial charge in [0.2, 0.25) is 5.91 Å². The van der Waals surface area contributed by atoms with E-state index < -0.39 is 0 Å². The van der Waals surface area contributed by atoms with Crippen molar-refractivity contribution in [1.82, 2.24) is 5.32 Å². The summed E-state index contributed by atoms with van der Waals surface area (Å²) >= 11 is 6.07. The van der Waals surface area contributed by atoms with E-state index in [1.165, 1.54) is 0 Å². The Balaban J connectivity index is 2.60. The summed E-state index contributed by atoms with van der Waals surface area (Å²) in [5, 5.41) is 6.90. The minimum atomic E-state index is -0.278. The van der Waals surface area contributed by atoms with Gasteiger partial charge in [-0.1, -0.05) is 31.5 Å². The second-order valence-corrected chi connectivity index (χ2v) is 5.26. The summed E-state index contributed by atoms with van der Waals surface area (Å²) in [5.41, 5.74) is 1.89. The Bertz CT molecular complexity index is 430. The van der Waals surface area contributed by atoms with E-state index in [9.17, 15) is 4.79 Å². The van der Waals surface area contributed by atoms with Gasteiger partial charge in [-0.25, -0.2) is 0 Å². The minimum Gasteiger partial charge on any atom is -0.374 e. The molecule has 0 radical (unpaired) electrons. The highest BCUT2D eigenvalue weighted by Gasteiger charge is 2.15. The quantitative estimate of drug-likeness (QED) is 0.834. The van der Waals surface area contributed by atoms with Crippen molar-refractivity contribution in [2.75, 3.05) is 5.32 Å². The molecule has 19 heavy (non-hydrogen) atoms. The van der Waals surface area contributed by atoms with Crippen LogP contribution in [0.1, 0.15) is 39.2 Å². The van der Waals surface area contributed by atoms with Gasteiger partial charge < -0.3 is 10.6 Å². The Hall–Kier alpha value is -1.22. The summed E-state index contributed by atoms with van der Waals surface area (Å²) in [6.07, 6.45) is 1.90. The van der Waals surface area contributed by atoms with Gasteiger partial charge in [-0.3, -0.25) is 4.79 Å². The second kappa shape index (κ2) is 7.39. The first-order chi connectivity index (χ1) is 8.97. The zero-order valence-corrected chi connectivity index (χ0v) is 12.8. The third-order valence-corrected chi connectivity index (χ3v) is 3.69. The molecule has 0 aliphatic rings. The maximum atomic E-state index is 12.0. The molecule has 0 fully saturated rings. The summed E-state index contributed by atoms with van der Waals surface area (Å²) in [4.78, 5) is 12.0. The highest BCUT2D eigenvalue weighted by Crippen LogP contribution is 2.20. The molecule has 0 bridgehead atoms. The van der Waals surface area contributed by atoms with Gasteiger partial charge >= 0.3 is 0 Å². The lowest BCUT2D eigenvalue weighted by Crippen LogP contribution is -2.42. The van der Waals surface area contributed by atoms with Gasteiger partial charge in [-0.05, 0) is 44.4 Å². The smallest absolute Gasteiger partial charge is 0.242 e. The first kappa shape index (κ1) is 15.8. The molecular weight excluding hydrogens is 260 g/mol. The molecule has 0 aliphatic carbocycles. The topological polar surface area (TPSA) is 41.1 Å². The van der Waals surface area contributed by atoms with Crippen molar-refractivity contribution in [3.8, 4) is 0 Å². The van der Waals surface area contributed by atoms with Crippen molar-refractivity contribution >= 4 is 23.2 Å². The highest BCUT2D eigenvalue weighted by molar-refractivity contribution is 6.31. The van der Waals surface area contributed by atoms with Gasteiger partial charge in [0.25, 0.3) is 0 Å². The van der Waals surface area contributed by atoms with Crippen molar-refractivity contribution < 1.29 is 4.79 Å². The number of carbonyl (C=O) groups excluding carboxylic acids is 1. The van der Waals surface area contributed by atoms with Crippen LogP contribution in [0, 0.1) is 6.92 Å². The molecule has 1 unspecified atom stereocenters. The van der Waals surface area contributed by atoms with Crippen LogP contribution in [0.25, 0.3) is 0 Å². The van der Waals surface area contributed by atoms with E-state index in [-0.39, 0.29) is 18.0 Å². The molecule has 1 aromatic carbocycles. The van der Waals surface area contributed by atoms with Crippen LogP contribution in [0.15, 0.2) is 18.2 Å². The Morgan fingerprint density at radius 3 is 2.47 bits per heavy atom. The molecule has 4 heteroatoms. The highest BCUT2D eigenvalue weighted by atomic mass is 35.5. The zero-order valence-electron chi connectivity index (χ0n) is 12.1. The number of benzene rings is 1. The molecule has 1 atom stereocenters. The van der Waals surface area contributed by atoms with E-state index in [0.29, 0.717) is 5.02 Å². The van der Waals surface area contributed by atoms with Crippen LogP contribution in [0.5, 0.6) is 0 Å². The SMILES string of the molecule is CCC(CC)NC(=O)C(C)Nc1ccc(C)c(Cl)c1. The van der Waals surface area contributed by atoms with E-state index in [1.807, 2.05) is 32.0 Å². The Kier molecular flexibility index (Phi) is 6.16. The van der Waals surface area contributed by atoms with E-state index in [2.05, 4.69) is 24.5 Å². The normalized spacial score (nSPS) is 12.3. The third-order valence-electron chi connectivity index (χ3n) is 3.28. The molecule has 0 heterocycles. The van der Waals surface area contributed by atoms with Gasteiger partial charge in [0.05, 0.1) is 0 Å². The number of nitrogens with one attached hydrogen (secondary N) is 2. The van der Waals surface area contributed by atoms with E-state index in [1.54, 1.807) is 0 Å². The van der Waals surface area contributed by atoms with Gasteiger partial charge in [-0.15, -0.1) is 0 Å². The predicted octanol–water partition coefficient (Wildman–Crippen LogP) is 3.75. The van der Waals surface area contributed by atoms with Crippen LogP contribution >= 0.6 is 11.6 Å². The molecule has 0 spiro atoms. The number of anilines is 1. The average Bonchev–Trinajstić information content (AvgIpc) is 2.39. The Morgan fingerprint density at radius 1 is 1.32 bits per heavy atom. The molecule has 106 valence electrons. The minimum absolute atomic E-state index is 0.0189. The Morgan fingerprint density at radius 2 is 1.95 bits per heavy atom. The first-order valence-corrected chi connectivity index (χ1v) is 7.18. The largest absolute Gasteiger partial charge is 0.374 e. The number of rotatable bonds is 6. The van der Waals surface area contributed by atoms with Crippen molar-refractivity contribution in [2.24, 2.45) is 0 Å². The lowest BCUT2D eigenvalue weighted by Gasteiger charge is -2.20. The van der Waals surface area contributed by atoms with Crippen LogP contribution in [0.2, 0.25) is 5.02 Å². The summed E-state index contributed by atoms with van der Waals surface area (Å²) < 4.78 is 0. The molecular formula is C15H23ClN2O. The van der Waals surface area contributed by atoms with Gasteiger partial charge in [0.1, 0.15) is 6.04 Å². The second-order valence-electron chi connectivity index (χ2n) is 4.85. The number of carbonyl (C=O) groups is 1. The average molecular weight is 283 g/mol. The van der Waals surface area contributed by atoms with Crippen LogP contribution < -0.4 is 10.6 Å². The number of hydrogen-bond donors (Lipinski definition) is 2. The van der Waals surface area contributed by atoms with Crippen LogP contribution in [0.3, 0.4) is 0 Å². The van der Waals surface area contributed by atoms with Crippen LogP contribution in [0.4, 0.5) is 5.69 Å². The standard InChI is InChI=1S/C15H23ClN2O/c1-5-12(6-2)18-15(19)11(4)17-13-8-7-10(3)14(16)9-13/h7-9,11-12,17H,5-6H2,1-4H3,(H,18,19). The maximum absolute atomic E-state index is 12.0. The first-order valence-electron chi connectivity index (χ1n) is 6.81. The lowest BCUT2D eigenvalue weighted by molar-refractivity contribution is -0.122. The van der Waals surface area contributed by atoms with Gasteiger partial charge in [0.15, 0.2) is 0 Å². The molecule has 0 saturated heterocycles. The summed E-state index contributed by atoms with van der Waals surface area (Å²) in [7, 11) is 0. The number of halogens is 1. The molecule has 3 nitrogen and oxygen atoms in total. The predicted molar refractivity (Wildman–Crippen MR) is 81.8 cm³/mol. The van der Waals surface area contributed by atoms with E-state index in [4.69, 9.17) is 11.6 Å². The van der Waals surface area contributed by atoms with Gasteiger partial charge in [0, 0.05) is 16.8 Å². The van der Waals surface area contributed by atoms with Crippen LogP contribution in [-0.2, 0) is 4.79 Å². The van der Waals surface area contributed by atoms with Crippen LogP contribution in [-0.4, -0.2) is 18.0 Å². The fraction of sp³-hybridized carbons (Fsp3) is 0.533. The van der Waals surface area contributed by atoms with Gasteiger partial charge in [-0.2, -0.15) is 0 Å². The molecule has 2 N–H and O–H groups in total. The number of amides is 1. The van der Waals surface area contributed by atoms with E-state index >= 15 is 0 Å². The molecule has 0 aromatic heterocycles. The molecule has 0 saturated carbocycles. The summed E-state index contributed by atoms with van der Waals surface area (Å²) in [6.45, 7) is 7.96. The fourth-order valence-electron chi connectivity index (χ4n) is 1.82. The molecule has 1 rings (SSSR count). The molecule has 1 amide bonds. The monoisotopic (exact) mass is 282 g/mol. The van der Waals surface area contributed by atoms with Crippen molar-refractivity contribution in [1.29, 1.82) is 0 Å². The number of aryl methyl sites for hydroxylation is 1. The molecule has 0 aliphatic heterocycles. The summed E-state index contributed by atoms with van der Waals surface area (Å²) in [5.74, 6) is 0.0189. The molecule has 1 aromatic rings. The van der Waals surface area contributed by atoms with Crippen molar-refractivity contribution in [3.05, 3.63) is 28.8 Å². The lowest BCUT2D eigenvalue weighted by atomic mass is 10.1. The summed E-state index contributed by atoms with van der Waals surface area (Å²) in [6, 6.07) is 5.69. The number of hydrogen-bond acceptors (Lipinski definition) is 2. The fourth-order valence-corrected chi connectivity index (χ4v) is 2.00. The Labute approximate surface area is 120 Å². The zero-order chi connectivity index (χ0) is 14.4. The van der Waals surface area contributed by atoms with Crippen molar-refractivity contribution in [3.63, 3.8) is 0 Å². The third kappa shape index (κ3) is 4.75. The van der Waals surface area contributed by atoms with E-state index in [0.717, 1.165) is 24.1 Å².